The maximum atomic E-state index is 13.2. The Bertz CT molecular complexity index is 1380. The number of ether oxygens (including phenoxy) is 2. The van der Waals surface area contributed by atoms with E-state index in [1.807, 2.05) is 54.6 Å². The zero-order chi connectivity index (χ0) is 29.5. The Balaban J connectivity index is 1.12. The summed E-state index contributed by atoms with van der Waals surface area (Å²) >= 11 is 0. The second-order valence-electron chi connectivity index (χ2n) is 11.5. The molecule has 42 heavy (non-hydrogen) atoms. The summed E-state index contributed by atoms with van der Waals surface area (Å²) in [5.41, 5.74) is 2.47. The van der Waals surface area contributed by atoms with Gasteiger partial charge in [0.05, 0.1) is 13.7 Å². The molecule has 0 aliphatic heterocycles. The van der Waals surface area contributed by atoms with E-state index in [1.165, 1.54) is 7.11 Å². The molecule has 7 nitrogen and oxygen atoms in total. The van der Waals surface area contributed by atoms with Crippen molar-refractivity contribution in [3.8, 4) is 5.75 Å². The highest BCUT2D eigenvalue weighted by atomic mass is 16.5. The minimum Gasteiger partial charge on any atom is -0.494 e. The molecular formula is C35H40N2O5. The Morgan fingerprint density at radius 2 is 1.62 bits per heavy atom. The minimum atomic E-state index is -0.680. The molecule has 220 valence electrons. The molecule has 2 fully saturated rings. The van der Waals surface area contributed by atoms with Gasteiger partial charge in [-0.1, -0.05) is 54.6 Å². The zero-order valence-corrected chi connectivity index (χ0v) is 24.4. The van der Waals surface area contributed by atoms with Crippen LogP contribution in [-0.4, -0.2) is 49.9 Å². The Morgan fingerprint density at radius 3 is 2.29 bits per heavy atom. The molecule has 0 radical (unpaired) electrons. The van der Waals surface area contributed by atoms with Crippen LogP contribution in [0.3, 0.4) is 0 Å². The van der Waals surface area contributed by atoms with Gasteiger partial charge >= 0.3 is 5.97 Å². The van der Waals surface area contributed by atoms with Gasteiger partial charge in [0.1, 0.15) is 17.6 Å². The number of para-hydroxylation sites is 1. The van der Waals surface area contributed by atoms with Crippen LogP contribution in [0, 0.1) is 11.3 Å². The first kappa shape index (κ1) is 29.5. The first-order valence-electron chi connectivity index (χ1n) is 14.9. The summed E-state index contributed by atoms with van der Waals surface area (Å²) < 4.78 is 11.0. The van der Waals surface area contributed by atoms with Gasteiger partial charge in [0, 0.05) is 40.6 Å². The Hall–Kier alpha value is -3.97. The van der Waals surface area contributed by atoms with Crippen LogP contribution in [0.2, 0.25) is 0 Å². The van der Waals surface area contributed by atoms with Crippen molar-refractivity contribution in [2.75, 3.05) is 25.6 Å². The lowest BCUT2D eigenvalue weighted by molar-refractivity contribution is -0.141. The van der Waals surface area contributed by atoms with E-state index in [2.05, 4.69) is 17.6 Å². The lowest BCUT2D eigenvalue weighted by atomic mass is 9.90. The van der Waals surface area contributed by atoms with Gasteiger partial charge in [-0.2, -0.15) is 0 Å². The average Bonchev–Trinajstić information content (AvgIpc) is 3.96. The normalized spacial score (nSPS) is 16.6. The highest BCUT2D eigenvalue weighted by molar-refractivity contribution is 6.12. The number of Topliss-reactive ketones (excluding diaryl/α,β-unsaturated/α-hetero) is 1. The van der Waals surface area contributed by atoms with Crippen LogP contribution < -0.4 is 15.4 Å². The number of esters is 1. The van der Waals surface area contributed by atoms with E-state index in [4.69, 9.17) is 9.47 Å². The highest BCUT2D eigenvalue weighted by Gasteiger charge is 2.56. The van der Waals surface area contributed by atoms with Gasteiger partial charge in [-0.15, -0.1) is 0 Å². The van der Waals surface area contributed by atoms with E-state index in [9.17, 15) is 14.4 Å². The second kappa shape index (κ2) is 13.3. The second-order valence-corrected chi connectivity index (χ2v) is 11.5. The van der Waals surface area contributed by atoms with Crippen molar-refractivity contribution in [1.29, 1.82) is 0 Å². The van der Waals surface area contributed by atoms with Crippen molar-refractivity contribution < 1.29 is 23.9 Å². The summed E-state index contributed by atoms with van der Waals surface area (Å²) in [5.74, 6) is 1.03. The third-order valence-electron chi connectivity index (χ3n) is 8.48. The SMILES string of the molecule is COC(=O)C(Cc1ccc(OCCCNC(C)C2(C(=O)C3CC3)CC2)cc1)Nc1ccccc1C(=O)c1ccccc1. The van der Waals surface area contributed by atoms with Gasteiger partial charge < -0.3 is 20.1 Å². The molecule has 2 N–H and O–H groups in total. The first-order chi connectivity index (χ1) is 20.4. The topological polar surface area (TPSA) is 93.7 Å². The number of hydrogen-bond acceptors (Lipinski definition) is 7. The standard InChI is InChI=1S/C35H40N2O5/c1-24(35(19-20-35)33(39)27-15-16-27)36-21-8-22-42-28-17-13-25(14-18-28)23-31(34(40)41-2)37-30-12-7-6-11-29(30)32(38)26-9-4-3-5-10-26/h3-7,9-14,17-18,24,27,31,36-37H,8,15-16,19-23H2,1-2H3. The summed E-state index contributed by atoms with van der Waals surface area (Å²) in [6.07, 6.45) is 5.40. The fraction of sp³-hybridized carbons (Fsp3) is 0.400. The molecule has 0 bridgehead atoms. The van der Waals surface area contributed by atoms with E-state index in [0.717, 1.165) is 50.0 Å². The van der Waals surface area contributed by atoms with Gasteiger partial charge in [-0.25, -0.2) is 4.79 Å². The average molecular weight is 569 g/mol. The monoisotopic (exact) mass is 568 g/mol. The summed E-state index contributed by atoms with van der Waals surface area (Å²) in [6.45, 7) is 3.52. The molecule has 0 amide bonds. The van der Waals surface area contributed by atoms with Crippen molar-refractivity contribution >= 4 is 23.2 Å². The predicted molar refractivity (Wildman–Crippen MR) is 163 cm³/mol. The van der Waals surface area contributed by atoms with E-state index in [1.54, 1.807) is 24.3 Å². The quantitative estimate of drug-likeness (QED) is 0.132. The van der Waals surface area contributed by atoms with Crippen molar-refractivity contribution in [2.45, 2.75) is 57.5 Å². The maximum absolute atomic E-state index is 13.2. The Kier molecular flexibility index (Phi) is 9.38. The minimum absolute atomic E-state index is 0.117. The lowest BCUT2D eigenvalue weighted by Gasteiger charge is -2.23. The van der Waals surface area contributed by atoms with Crippen LogP contribution in [-0.2, 0) is 20.7 Å². The summed E-state index contributed by atoms with van der Waals surface area (Å²) in [4.78, 5) is 38.5. The molecule has 2 aliphatic rings. The molecule has 3 aromatic rings. The molecule has 0 spiro atoms. The summed E-state index contributed by atoms with van der Waals surface area (Å²) in [7, 11) is 1.36. The van der Waals surface area contributed by atoms with Crippen LogP contribution >= 0.6 is 0 Å². The van der Waals surface area contributed by atoms with Gasteiger partial charge in [0.25, 0.3) is 0 Å². The Morgan fingerprint density at radius 1 is 0.929 bits per heavy atom. The van der Waals surface area contributed by atoms with E-state index in [-0.39, 0.29) is 17.2 Å². The van der Waals surface area contributed by atoms with Crippen LogP contribution in [0.15, 0.2) is 78.9 Å². The number of carbonyl (C=O) groups is 3. The molecule has 2 unspecified atom stereocenters. The number of carbonyl (C=O) groups excluding carboxylic acids is 3. The van der Waals surface area contributed by atoms with Crippen LogP contribution in [0.5, 0.6) is 5.75 Å². The highest BCUT2D eigenvalue weighted by Crippen LogP contribution is 2.54. The fourth-order valence-corrected chi connectivity index (χ4v) is 5.59. The van der Waals surface area contributed by atoms with Crippen LogP contribution in [0.25, 0.3) is 0 Å². The zero-order valence-electron chi connectivity index (χ0n) is 24.4. The number of ketones is 2. The van der Waals surface area contributed by atoms with Crippen molar-refractivity contribution in [3.63, 3.8) is 0 Å². The third-order valence-corrected chi connectivity index (χ3v) is 8.48. The summed E-state index contributed by atoms with van der Waals surface area (Å²) in [5, 5.41) is 6.80. The van der Waals surface area contributed by atoms with E-state index >= 15 is 0 Å². The van der Waals surface area contributed by atoms with Gasteiger partial charge in [-0.3, -0.25) is 9.59 Å². The van der Waals surface area contributed by atoms with Crippen LogP contribution in [0.1, 0.15) is 60.5 Å². The van der Waals surface area contributed by atoms with Crippen LogP contribution in [0.4, 0.5) is 5.69 Å². The maximum Gasteiger partial charge on any atom is 0.328 e. The molecular weight excluding hydrogens is 528 g/mol. The number of rotatable bonds is 16. The smallest absolute Gasteiger partial charge is 0.328 e. The number of hydrogen-bond donors (Lipinski definition) is 2. The van der Waals surface area contributed by atoms with Gasteiger partial charge in [0.15, 0.2) is 5.78 Å². The van der Waals surface area contributed by atoms with Gasteiger partial charge in [-0.05, 0) is 75.4 Å². The van der Waals surface area contributed by atoms with Crippen molar-refractivity contribution in [2.24, 2.45) is 11.3 Å². The van der Waals surface area contributed by atoms with E-state index in [0.29, 0.717) is 41.5 Å². The molecule has 2 atom stereocenters. The fourth-order valence-electron chi connectivity index (χ4n) is 5.59. The van der Waals surface area contributed by atoms with Gasteiger partial charge in [0.2, 0.25) is 0 Å². The number of nitrogens with one attached hydrogen (secondary N) is 2. The molecule has 2 aliphatic carbocycles. The predicted octanol–water partition coefficient (Wildman–Crippen LogP) is 5.62. The molecule has 0 saturated heterocycles. The number of anilines is 1. The molecule has 0 heterocycles. The number of methoxy groups -OCH3 is 1. The number of benzene rings is 3. The molecule has 2 saturated carbocycles. The lowest BCUT2D eigenvalue weighted by Crippen LogP contribution is -2.41. The Labute approximate surface area is 248 Å². The molecule has 0 aromatic heterocycles. The largest absolute Gasteiger partial charge is 0.494 e. The summed E-state index contributed by atoms with van der Waals surface area (Å²) in [6, 6.07) is 23.5. The van der Waals surface area contributed by atoms with Crippen molar-refractivity contribution in [3.05, 3.63) is 95.6 Å². The molecule has 5 rings (SSSR count). The third kappa shape index (κ3) is 7.08. The molecule has 3 aromatic carbocycles. The first-order valence-corrected chi connectivity index (χ1v) is 14.9. The van der Waals surface area contributed by atoms with E-state index < -0.39 is 12.0 Å². The molecule has 7 heteroatoms. The van der Waals surface area contributed by atoms with Crippen molar-refractivity contribution in [1.82, 2.24) is 5.32 Å².